The minimum absolute atomic E-state index is 0.962. The molecule has 0 atom stereocenters. The van der Waals surface area contributed by atoms with Gasteiger partial charge >= 0.3 is 0 Å². The maximum Gasteiger partial charge on any atom is 0.0749 e. The lowest BCUT2D eigenvalue weighted by atomic mass is 10.0. The predicted molar refractivity (Wildman–Crippen MR) is 125 cm³/mol. The Hall–Kier alpha value is -3.98. The van der Waals surface area contributed by atoms with Crippen LogP contribution in [-0.4, -0.2) is 11.2 Å². The summed E-state index contributed by atoms with van der Waals surface area (Å²) >= 11 is 0. The molecular formula is C27H19N3. The maximum atomic E-state index is 4.77. The van der Waals surface area contributed by atoms with Crippen molar-refractivity contribution in [2.24, 2.45) is 5.10 Å². The highest BCUT2D eigenvalue weighted by Crippen LogP contribution is 2.36. The summed E-state index contributed by atoms with van der Waals surface area (Å²) in [6.45, 7) is 0. The Bertz CT molecular complexity index is 1400. The van der Waals surface area contributed by atoms with Gasteiger partial charge in [-0.3, -0.25) is 5.43 Å². The van der Waals surface area contributed by atoms with Crippen LogP contribution in [0.3, 0.4) is 0 Å². The molecule has 0 saturated heterocycles. The van der Waals surface area contributed by atoms with Gasteiger partial charge in [0.1, 0.15) is 0 Å². The molecule has 1 aromatic heterocycles. The summed E-state index contributed by atoms with van der Waals surface area (Å²) in [5.74, 6) is 0. The Morgan fingerprint density at radius 3 is 2.17 bits per heavy atom. The molecule has 142 valence electrons. The summed E-state index contributed by atoms with van der Waals surface area (Å²) < 4.78 is 0. The first-order valence-corrected chi connectivity index (χ1v) is 10.1. The fourth-order valence-electron chi connectivity index (χ4n) is 4.38. The van der Waals surface area contributed by atoms with E-state index in [0.29, 0.717) is 0 Å². The standard InChI is InChI=1S/C27H19N3/c1-2-8-21-19(7-1)16-20-15-18(13-14-22(20)21)17-28-30-27-23-9-3-5-11-25(23)29-26-12-6-4-10-24(26)27/h1-15,17H,16H2,(H,29,30)/b28-17+. The van der Waals surface area contributed by atoms with Crippen molar-refractivity contribution in [1.82, 2.24) is 4.98 Å². The molecule has 0 fully saturated rings. The second-order valence-corrected chi connectivity index (χ2v) is 7.64. The van der Waals surface area contributed by atoms with Crippen molar-refractivity contribution in [2.75, 3.05) is 5.43 Å². The molecule has 4 aromatic carbocycles. The van der Waals surface area contributed by atoms with Gasteiger partial charge in [0.15, 0.2) is 0 Å². The van der Waals surface area contributed by atoms with E-state index in [4.69, 9.17) is 4.98 Å². The van der Waals surface area contributed by atoms with E-state index in [9.17, 15) is 0 Å². The van der Waals surface area contributed by atoms with Crippen LogP contribution in [0.5, 0.6) is 0 Å². The molecule has 0 radical (unpaired) electrons. The molecule has 1 N–H and O–H groups in total. The average molecular weight is 385 g/mol. The van der Waals surface area contributed by atoms with Gasteiger partial charge in [0, 0.05) is 10.8 Å². The highest BCUT2D eigenvalue weighted by molar-refractivity contribution is 6.07. The molecule has 1 aliphatic rings. The van der Waals surface area contributed by atoms with E-state index < -0.39 is 0 Å². The number of hydrogen-bond acceptors (Lipinski definition) is 3. The summed E-state index contributed by atoms with van der Waals surface area (Å²) in [5.41, 5.74) is 12.7. The molecule has 1 aliphatic carbocycles. The number of benzene rings is 4. The third kappa shape index (κ3) is 2.75. The number of anilines is 1. The summed E-state index contributed by atoms with van der Waals surface area (Å²) in [6, 6.07) is 31.6. The smallest absolute Gasteiger partial charge is 0.0749 e. The van der Waals surface area contributed by atoms with Gasteiger partial charge in [-0.25, -0.2) is 4.98 Å². The zero-order chi connectivity index (χ0) is 19.9. The highest BCUT2D eigenvalue weighted by atomic mass is 15.3. The topological polar surface area (TPSA) is 37.3 Å². The van der Waals surface area contributed by atoms with E-state index in [-0.39, 0.29) is 0 Å². The highest BCUT2D eigenvalue weighted by Gasteiger charge is 2.17. The lowest BCUT2D eigenvalue weighted by Crippen LogP contribution is -1.95. The van der Waals surface area contributed by atoms with Crippen LogP contribution in [0.25, 0.3) is 32.9 Å². The quantitative estimate of drug-likeness (QED) is 0.217. The monoisotopic (exact) mass is 385 g/mol. The number of nitrogens with zero attached hydrogens (tertiary/aromatic N) is 2. The first-order valence-electron chi connectivity index (χ1n) is 10.1. The fourth-order valence-corrected chi connectivity index (χ4v) is 4.38. The molecule has 0 unspecified atom stereocenters. The van der Waals surface area contributed by atoms with Gasteiger partial charge < -0.3 is 0 Å². The van der Waals surface area contributed by atoms with Crippen molar-refractivity contribution in [2.45, 2.75) is 6.42 Å². The van der Waals surface area contributed by atoms with Gasteiger partial charge in [0.2, 0.25) is 0 Å². The van der Waals surface area contributed by atoms with E-state index in [1.54, 1.807) is 0 Å². The van der Waals surface area contributed by atoms with E-state index >= 15 is 0 Å². The number of para-hydroxylation sites is 2. The van der Waals surface area contributed by atoms with Crippen LogP contribution in [0, 0.1) is 0 Å². The van der Waals surface area contributed by atoms with Gasteiger partial charge in [0.05, 0.1) is 22.9 Å². The summed E-state index contributed by atoms with van der Waals surface area (Å²) in [7, 11) is 0. The van der Waals surface area contributed by atoms with E-state index in [0.717, 1.165) is 39.5 Å². The van der Waals surface area contributed by atoms with Crippen molar-refractivity contribution >= 4 is 33.7 Å². The zero-order valence-corrected chi connectivity index (χ0v) is 16.3. The van der Waals surface area contributed by atoms with Crippen molar-refractivity contribution in [1.29, 1.82) is 0 Å². The van der Waals surface area contributed by atoms with Crippen molar-refractivity contribution in [3.8, 4) is 11.1 Å². The minimum Gasteiger partial charge on any atom is -0.277 e. The van der Waals surface area contributed by atoms with Gasteiger partial charge in [-0.15, -0.1) is 0 Å². The van der Waals surface area contributed by atoms with Crippen molar-refractivity contribution in [3.05, 3.63) is 108 Å². The van der Waals surface area contributed by atoms with Crippen LogP contribution in [0.2, 0.25) is 0 Å². The largest absolute Gasteiger partial charge is 0.277 e. The molecule has 1 heterocycles. The molecule has 0 saturated carbocycles. The maximum absolute atomic E-state index is 4.77. The summed E-state index contributed by atoms with van der Waals surface area (Å²) in [6.07, 6.45) is 2.88. The Balaban J connectivity index is 1.35. The van der Waals surface area contributed by atoms with Crippen LogP contribution in [0.1, 0.15) is 16.7 Å². The Labute approximate surface area is 174 Å². The lowest BCUT2D eigenvalue weighted by molar-refractivity contribution is 1.26. The van der Waals surface area contributed by atoms with Crippen LogP contribution in [0.4, 0.5) is 5.69 Å². The molecule has 0 amide bonds. The van der Waals surface area contributed by atoms with Gasteiger partial charge in [-0.1, -0.05) is 72.8 Å². The molecule has 0 bridgehead atoms. The van der Waals surface area contributed by atoms with Crippen LogP contribution < -0.4 is 5.43 Å². The molecule has 0 spiro atoms. The third-order valence-electron chi connectivity index (χ3n) is 5.80. The second kappa shape index (κ2) is 6.82. The number of nitrogens with one attached hydrogen (secondary N) is 1. The minimum atomic E-state index is 0.962. The third-order valence-corrected chi connectivity index (χ3v) is 5.80. The van der Waals surface area contributed by atoms with E-state index in [1.165, 1.54) is 22.3 Å². The number of hydrogen-bond donors (Lipinski definition) is 1. The zero-order valence-electron chi connectivity index (χ0n) is 16.3. The molecule has 0 aliphatic heterocycles. The Morgan fingerprint density at radius 2 is 1.37 bits per heavy atom. The lowest BCUT2D eigenvalue weighted by Gasteiger charge is -2.10. The average Bonchev–Trinajstić information content (AvgIpc) is 3.16. The summed E-state index contributed by atoms with van der Waals surface area (Å²) in [4.78, 5) is 4.77. The SMILES string of the molecule is C(=N\Nc1c2ccccc2nc2ccccc12)/c1ccc2c(c1)Cc1ccccc1-2. The molecule has 3 nitrogen and oxygen atoms in total. The van der Waals surface area contributed by atoms with Crippen LogP contribution >= 0.6 is 0 Å². The van der Waals surface area contributed by atoms with Gasteiger partial charge in [-0.05, 0) is 52.4 Å². The van der Waals surface area contributed by atoms with E-state index in [2.05, 4.69) is 65.1 Å². The summed E-state index contributed by atoms with van der Waals surface area (Å²) in [5, 5.41) is 6.72. The normalized spacial score (nSPS) is 12.4. The predicted octanol–water partition coefficient (Wildman–Crippen LogP) is 6.41. The van der Waals surface area contributed by atoms with Crippen LogP contribution in [0.15, 0.2) is 96.1 Å². The molecular weight excluding hydrogens is 366 g/mol. The fraction of sp³-hybridized carbons (Fsp3) is 0.0370. The molecule has 3 heteroatoms. The first-order chi connectivity index (χ1) is 14.9. The van der Waals surface area contributed by atoms with Crippen molar-refractivity contribution in [3.63, 3.8) is 0 Å². The van der Waals surface area contributed by atoms with Gasteiger partial charge in [0.25, 0.3) is 0 Å². The second-order valence-electron chi connectivity index (χ2n) is 7.64. The van der Waals surface area contributed by atoms with Crippen molar-refractivity contribution < 1.29 is 0 Å². The number of fused-ring (bicyclic) bond motifs is 5. The first kappa shape index (κ1) is 16.9. The molecule has 5 aromatic rings. The molecule has 30 heavy (non-hydrogen) atoms. The van der Waals surface area contributed by atoms with E-state index in [1.807, 2.05) is 42.6 Å². The van der Waals surface area contributed by atoms with Crippen LogP contribution in [-0.2, 0) is 6.42 Å². The number of aromatic nitrogens is 1. The van der Waals surface area contributed by atoms with Gasteiger partial charge in [-0.2, -0.15) is 5.10 Å². The Morgan fingerprint density at radius 1 is 0.700 bits per heavy atom. The number of hydrazone groups is 1. The molecule has 6 rings (SSSR count). The Kier molecular flexibility index (Phi) is 3.85. The number of pyridine rings is 1. The number of rotatable bonds is 3.